The molecular formula is C13H11N5O4. The molecule has 0 saturated carbocycles. The molecule has 0 aromatic carbocycles. The monoisotopic (exact) mass is 301 g/mol. The van der Waals surface area contributed by atoms with Gasteiger partial charge in [-0.2, -0.15) is 0 Å². The number of hydrogen-bond acceptors (Lipinski definition) is 5. The predicted molar refractivity (Wildman–Crippen MR) is 74.2 cm³/mol. The number of urea groups is 2. The molecule has 1 atom stereocenters. The van der Waals surface area contributed by atoms with E-state index >= 15 is 0 Å². The summed E-state index contributed by atoms with van der Waals surface area (Å²) in [4.78, 5) is 40.2. The number of carbonyl (C=O) groups is 3. The maximum atomic E-state index is 11.6. The minimum Gasteiger partial charge on any atom is -0.458 e. The summed E-state index contributed by atoms with van der Waals surface area (Å²) in [5.41, 5.74) is 0.494. The second-order valence-electron chi connectivity index (χ2n) is 5.01. The van der Waals surface area contributed by atoms with Crippen LogP contribution in [0.3, 0.4) is 0 Å². The molecule has 22 heavy (non-hydrogen) atoms. The zero-order valence-corrected chi connectivity index (χ0v) is 11.3. The van der Waals surface area contributed by atoms with Gasteiger partial charge in [0.05, 0.1) is 0 Å². The predicted octanol–water partition coefficient (Wildman–Crippen LogP) is 0.238. The molecule has 5 amide bonds. The van der Waals surface area contributed by atoms with Crippen molar-refractivity contribution in [3.05, 3.63) is 24.1 Å². The molecule has 2 aromatic rings. The first-order chi connectivity index (χ1) is 10.6. The third-order valence-corrected chi connectivity index (χ3v) is 3.60. The SMILES string of the molecule is O=C1NC(=O)[C@H](c2cc3cnc(N4CCNC4=O)cc3o2)N1. The molecule has 2 saturated heterocycles. The van der Waals surface area contributed by atoms with Crippen LogP contribution in [0.2, 0.25) is 0 Å². The highest BCUT2D eigenvalue weighted by atomic mass is 16.3. The van der Waals surface area contributed by atoms with E-state index in [0.717, 1.165) is 0 Å². The van der Waals surface area contributed by atoms with Crippen molar-refractivity contribution >= 4 is 34.8 Å². The van der Waals surface area contributed by atoms with Crippen LogP contribution >= 0.6 is 0 Å². The number of furan rings is 1. The summed E-state index contributed by atoms with van der Waals surface area (Å²) in [5.74, 6) is 0.336. The lowest BCUT2D eigenvalue weighted by Gasteiger charge is -2.11. The third kappa shape index (κ3) is 1.86. The fourth-order valence-corrected chi connectivity index (χ4v) is 2.54. The first-order valence-corrected chi connectivity index (χ1v) is 6.68. The highest BCUT2D eigenvalue weighted by molar-refractivity contribution is 6.04. The van der Waals surface area contributed by atoms with Crippen LogP contribution in [-0.2, 0) is 4.79 Å². The fraction of sp³-hybridized carbons (Fsp3) is 0.231. The molecular weight excluding hydrogens is 290 g/mol. The van der Waals surface area contributed by atoms with Crippen molar-refractivity contribution in [1.82, 2.24) is 20.9 Å². The van der Waals surface area contributed by atoms with Gasteiger partial charge in [0.2, 0.25) is 0 Å². The molecule has 2 fully saturated rings. The van der Waals surface area contributed by atoms with E-state index < -0.39 is 18.0 Å². The van der Waals surface area contributed by atoms with Gasteiger partial charge >= 0.3 is 12.1 Å². The first kappa shape index (κ1) is 12.6. The molecule has 0 aliphatic carbocycles. The molecule has 2 aliphatic heterocycles. The van der Waals surface area contributed by atoms with Gasteiger partial charge in [0.25, 0.3) is 5.91 Å². The standard InChI is InChI=1S/C13H11N5O4/c19-11-10(16-12(20)17-11)8-3-6-5-15-9(4-7(6)22-8)18-2-1-14-13(18)21/h3-5,10H,1-2H2,(H,14,21)(H2,16,17,19,20)/t10-/m0/s1. The van der Waals surface area contributed by atoms with Crippen LogP contribution in [0.15, 0.2) is 22.7 Å². The Labute approximate surface area is 123 Å². The van der Waals surface area contributed by atoms with E-state index in [4.69, 9.17) is 4.42 Å². The Morgan fingerprint density at radius 1 is 1.27 bits per heavy atom. The van der Waals surface area contributed by atoms with E-state index in [1.165, 1.54) is 4.90 Å². The Morgan fingerprint density at radius 2 is 2.14 bits per heavy atom. The molecule has 3 N–H and O–H groups in total. The Kier molecular flexibility index (Phi) is 2.55. The van der Waals surface area contributed by atoms with Crippen molar-refractivity contribution in [3.63, 3.8) is 0 Å². The number of nitrogens with one attached hydrogen (secondary N) is 3. The number of hydrogen-bond donors (Lipinski definition) is 3. The van der Waals surface area contributed by atoms with E-state index in [1.807, 2.05) is 0 Å². The fourth-order valence-electron chi connectivity index (χ4n) is 2.54. The third-order valence-electron chi connectivity index (χ3n) is 3.60. The lowest BCUT2D eigenvalue weighted by molar-refractivity contribution is -0.120. The number of fused-ring (bicyclic) bond motifs is 1. The van der Waals surface area contributed by atoms with Crippen LogP contribution in [0.4, 0.5) is 15.4 Å². The molecule has 2 aromatic heterocycles. The van der Waals surface area contributed by atoms with Gasteiger partial charge in [0, 0.05) is 30.7 Å². The summed E-state index contributed by atoms with van der Waals surface area (Å²) >= 11 is 0. The van der Waals surface area contributed by atoms with Gasteiger partial charge in [0.15, 0.2) is 6.04 Å². The summed E-state index contributed by atoms with van der Waals surface area (Å²) in [6, 6.07) is 1.67. The topological polar surface area (TPSA) is 117 Å². The Morgan fingerprint density at radius 3 is 2.82 bits per heavy atom. The molecule has 4 heterocycles. The second kappa shape index (κ2) is 4.45. The molecule has 0 bridgehead atoms. The summed E-state index contributed by atoms with van der Waals surface area (Å²) in [7, 11) is 0. The van der Waals surface area contributed by atoms with Crippen LogP contribution in [0.5, 0.6) is 0 Å². The van der Waals surface area contributed by atoms with Crippen LogP contribution < -0.4 is 20.9 Å². The lowest BCUT2D eigenvalue weighted by Crippen LogP contribution is -2.28. The average Bonchev–Trinajstić information content (AvgIpc) is 3.16. The molecule has 9 nitrogen and oxygen atoms in total. The Bertz CT molecular complexity index is 814. The Balaban J connectivity index is 1.71. The lowest BCUT2D eigenvalue weighted by atomic mass is 10.2. The van der Waals surface area contributed by atoms with E-state index in [9.17, 15) is 14.4 Å². The van der Waals surface area contributed by atoms with Crippen LogP contribution in [0.25, 0.3) is 11.0 Å². The summed E-state index contributed by atoms with van der Waals surface area (Å²) in [6.45, 7) is 1.10. The molecule has 112 valence electrons. The summed E-state index contributed by atoms with van der Waals surface area (Å²) in [6.07, 6.45) is 1.57. The molecule has 0 radical (unpaired) electrons. The maximum absolute atomic E-state index is 11.6. The number of amides is 5. The largest absolute Gasteiger partial charge is 0.458 e. The van der Waals surface area contributed by atoms with Crippen molar-refractivity contribution in [3.8, 4) is 0 Å². The van der Waals surface area contributed by atoms with Gasteiger partial charge in [-0.25, -0.2) is 14.6 Å². The van der Waals surface area contributed by atoms with Gasteiger partial charge in [-0.3, -0.25) is 15.0 Å². The summed E-state index contributed by atoms with van der Waals surface area (Å²) in [5, 5.41) is 8.00. The zero-order valence-electron chi connectivity index (χ0n) is 11.3. The van der Waals surface area contributed by atoms with Crippen molar-refractivity contribution in [2.75, 3.05) is 18.0 Å². The molecule has 9 heteroatoms. The van der Waals surface area contributed by atoms with Gasteiger partial charge in [-0.15, -0.1) is 0 Å². The number of imide groups is 1. The van der Waals surface area contributed by atoms with Gasteiger partial charge < -0.3 is 15.1 Å². The number of carbonyl (C=O) groups excluding carboxylic acids is 3. The number of rotatable bonds is 2. The summed E-state index contributed by atoms with van der Waals surface area (Å²) < 4.78 is 5.63. The van der Waals surface area contributed by atoms with Gasteiger partial charge in [-0.1, -0.05) is 0 Å². The highest BCUT2D eigenvalue weighted by Crippen LogP contribution is 2.27. The zero-order chi connectivity index (χ0) is 15.3. The van der Waals surface area contributed by atoms with Crippen LogP contribution in [0, 0.1) is 0 Å². The van der Waals surface area contributed by atoms with Crippen molar-refractivity contribution in [2.24, 2.45) is 0 Å². The molecule has 0 unspecified atom stereocenters. The number of nitrogens with zero attached hydrogens (tertiary/aromatic N) is 2. The maximum Gasteiger partial charge on any atom is 0.323 e. The molecule has 0 spiro atoms. The smallest absolute Gasteiger partial charge is 0.323 e. The second-order valence-corrected chi connectivity index (χ2v) is 5.01. The van der Waals surface area contributed by atoms with Crippen molar-refractivity contribution in [1.29, 1.82) is 0 Å². The minimum atomic E-state index is -0.849. The molecule has 4 rings (SSSR count). The number of pyridine rings is 1. The van der Waals surface area contributed by atoms with Crippen LogP contribution in [-0.4, -0.2) is 36.0 Å². The van der Waals surface area contributed by atoms with E-state index in [2.05, 4.69) is 20.9 Å². The quantitative estimate of drug-likeness (QED) is 0.687. The normalized spacial score (nSPS) is 21.2. The van der Waals surface area contributed by atoms with E-state index in [-0.39, 0.29) is 6.03 Å². The van der Waals surface area contributed by atoms with E-state index in [0.29, 0.717) is 35.6 Å². The van der Waals surface area contributed by atoms with Gasteiger partial charge in [0.1, 0.15) is 17.2 Å². The van der Waals surface area contributed by atoms with Gasteiger partial charge in [-0.05, 0) is 6.07 Å². The Hall–Kier alpha value is -3.10. The van der Waals surface area contributed by atoms with Crippen LogP contribution in [0.1, 0.15) is 11.8 Å². The number of aromatic nitrogens is 1. The molecule has 2 aliphatic rings. The minimum absolute atomic E-state index is 0.207. The van der Waals surface area contributed by atoms with Crippen molar-refractivity contribution < 1.29 is 18.8 Å². The number of anilines is 1. The van der Waals surface area contributed by atoms with Crippen molar-refractivity contribution in [2.45, 2.75) is 6.04 Å². The van der Waals surface area contributed by atoms with E-state index in [1.54, 1.807) is 18.3 Å². The average molecular weight is 301 g/mol. The first-order valence-electron chi connectivity index (χ1n) is 6.68. The highest BCUT2D eigenvalue weighted by Gasteiger charge is 2.33.